The van der Waals surface area contributed by atoms with Gasteiger partial charge in [-0.3, -0.25) is 0 Å². The Morgan fingerprint density at radius 1 is 1.21 bits per heavy atom. The number of rotatable bonds is 3. The molecule has 4 rings (SSSR count). The summed E-state index contributed by atoms with van der Waals surface area (Å²) in [6, 6.07) is 11.7. The summed E-state index contributed by atoms with van der Waals surface area (Å²) < 4.78 is 20.7. The molecule has 2 heterocycles. The zero-order chi connectivity index (χ0) is 24.0. The zero-order valence-corrected chi connectivity index (χ0v) is 23.3. The molecule has 3 N–H and O–H groups in total. The quantitative estimate of drug-likeness (QED) is 0.428. The van der Waals surface area contributed by atoms with Crippen LogP contribution in [-0.4, -0.2) is 74.8 Å². The SMILES string of the molecule is CC(C)(C)OC(=O)N1CCC(N)(C(=O)Nc2ccc3c(c2)c(-c2ccc(F)cc2)n[n]3[Tl])C1. The normalized spacial score (nSPS) is 18.5. The van der Waals surface area contributed by atoms with Crippen LogP contribution in [0.3, 0.4) is 0 Å². The van der Waals surface area contributed by atoms with Crippen molar-refractivity contribution in [3.63, 3.8) is 0 Å². The van der Waals surface area contributed by atoms with E-state index in [1.807, 2.05) is 14.6 Å². The van der Waals surface area contributed by atoms with Crippen LogP contribution >= 0.6 is 0 Å². The number of nitrogens with two attached hydrogens (primary N) is 1. The third-order valence-corrected chi connectivity index (χ3v) is 7.02. The van der Waals surface area contributed by atoms with Crippen LogP contribution in [0.1, 0.15) is 27.2 Å². The number of nitrogens with zero attached hydrogens (tertiary/aromatic N) is 3. The number of halogens is 1. The van der Waals surface area contributed by atoms with E-state index < -0.39 is 17.2 Å². The Labute approximate surface area is 207 Å². The summed E-state index contributed by atoms with van der Waals surface area (Å²) in [6.45, 7) is 5.81. The number of anilines is 1. The number of nitrogens with one attached hydrogen (secondary N) is 1. The first-order chi connectivity index (χ1) is 15.4. The zero-order valence-electron chi connectivity index (χ0n) is 18.8. The van der Waals surface area contributed by atoms with Crippen molar-refractivity contribution in [1.82, 2.24) is 12.5 Å². The Hall–Kier alpha value is -2.54. The first-order valence-corrected chi connectivity index (χ1v) is 12.6. The van der Waals surface area contributed by atoms with Gasteiger partial charge in [0, 0.05) is 0 Å². The van der Waals surface area contributed by atoms with Gasteiger partial charge in [0.05, 0.1) is 0 Å². The summed E-state index contributed by atoms with van der Waals surface area (Å²) in [5.74, 6) is -0.676. The molecule has 0 aliphatic carbocycles. The van der Waals surface area contributed by atoms with Gasteiger partial charge in [-0.15, -0.1) is 0 Å². The van der Waals surface area contributed by atoms with Gasteiger partial charge in [0.15, 0.2) is 0 Å². The summed E-state index contributed by atoms with van der Waals surface area (Å²) in [5.41, 5.74) is 7.59. The van der Waals surface area contributed by atoms with E-state index in [1.54, 1.807) is 39.0 Å². The number of hydrogen-bond acceptors (Lipinski definition) is 5. The number of aromatic nitrogens is 2. The van der Waals surface area contributed by atoms with E-state index in [1.165, 1.54) is 17.0 Å². The van der Waals surface area contributed by atoms with Crippen molar-refractivity contribution in [3.8, 4) is 11.3 Å². The molecule has 0 spiro atoms. The van der Waals surface area contributed by atoms with E-state index in [-0.39, 0.29) is 18.3 Å². The maximum atomic E-state index is 13.4. The fourth-order valence-electron chi connectivity index (χ4n) is 3.80. The molecule has 10 heteroatoms. The molecule has 170 valence electrons. The maximum absolute atomic E-state index is 13.4. The van der Waals surface area contributed by atoms with Crippen molar-refractivity contribution in [2.24, 2.45) is 5.73 Å². The molecule has 33 heavy (non-hydrogen) atoms. The van der Waals surface area contributed by atoms with Crippen LogP contribution in [-0.2, 0) is 9.53 Å². The number of carbonyl (C=O) groups is 2. The number of benzene rings is 2. The molecule has 0 bridgehead atoms. The van der Waals surface area contributed by atoms with Gasteiger partial charge in [0.25, 0.3) is 0 Å². The van der Waals surface area contributed by atoms with Crippen molar-refractivity contribution in [2.75, 3.05) is 18.4 Å². The molecule has 2 amide bonds. The first-order valence-electron chi connectivity index (χ1n) is 10.6. The predicted octanol–water partition coefficient (Wildman–Crippen LogP) is 3.05. The van der Waals surface area contributed by atoms with Crippen LogP contribution in [0.2, 0.25) is 0 Å². The molecular formula is C23H25FN5O3Tl. The number of carbonyl (C=O) groups excluding carboxylic acids is 2. The van der Waals surface area contributed by atoms with Gasteiger partial charge in [-0.2, -0.15) is 0 Å². The molecule has 1 unspecified atom stereocenters. The Kier molecular flexibility index (Phi) is 6.21. The summed E-state index contributed by atoms with van der Waals surface area (Å²) in [7, 11) is 0. The van der Waals surface area contributed by atoms with Gasteiger partial charge in [0.1, 0.15) is 5.60 Å². The van der Waals surface area contributed by atoms with E-state index in [9.17, 15) is 14.0 Å². The fraction of sp³-hybridized carbons (Fsp3) is 0.348. The van der Waals surface area contributed by atoms with Crippen LogP contribution in [0.4, 0.5) is 14.9 Å². The summed E-state index contributed by atoms with van der Waals surface area (Å²) in [4.78, 5) is 26.9. The van der Waals surface area contributed by atoms with Crippen molar-refractivity contribution >= 4 is 54.7 Å². The third kappa shape index (κ3) is 5.03. The molecule has 0 radical (unpaired) electrons. The van der Waals surface area contributed by atoms with E-state index in [0.29, 0.717) is 44.7 Å². The van der Waals surface area contributed by atoms with Crippen LogP contribution in [0.15, 0.2) is 42.5 Å². The number of fused-ring (bicyclic) bond motifs is 1. The van der Waals surface area contributed by atoms with E-state index in [4.69, 9.17) is 10.5 Å². The van der Waals surface area contributed by atoms with Crippen LogP contribution in [0, 0.1) is 5.82 Å². The summed E-state index contributed by atoms with van der Waals surface area (Å²) >= 11 is 0.441. The van der Waals surface area contributed by atoms with Crippen LogP contribution < -0.4 is 11.1 Å². The molecule has 3 aromatic rings. The average molecular weight is 643 g/mol. The molecule has 8 nitrogen and oxygen atoms in total. The van der Waals surface area contributed by atoms with Crippen LogP contribution in [0.5, 0.6) is 0 Å². The minimum absolute atomic E-state index is 0.0798. The molecule has 2 aromatic carbocycles. The van der Waals surface area contributed by atoms with Gasteiger partial charge < -0.3 is 0 Å². The predicted molar refractivity (Wildman–Crippen MR) is 124 cm³/mol. The molecule has 0 saturated carbocycles. The van der Waals surface area contributed by atoms with Gasteiger partial charge in [-0.1, -0.05) is 0 Å². The van der Waals surface area contributed by atoms with Gasteiger partial charge in [0.2, 0.25) is 0 Å². The summed E-state index contributed by atoms with van der Waals surface area (Å²) in [6.07, 6.45) is -0.144. The minimum atomic E-state index is -1.21. The fourth-order valence-corrected chi connectivity index (χ4v) is 5.12. The molecule has 1 aromatic heterocycles. The molecule has 1 saturated heterocycles. The second kappa shape index (κ2) is 8.67. The second-order valence-corrected chi connectivity index (χ2v) is 11.2. The Balaban J connectivity index is 1.54. The van der Waals surface area contributed by atoms with Gasteiger partial charge >= 0.3 is 182 Å². The monoisotopic (exact) mass is 643 g/mol. The molecule has 1 atom stereocenters. The number of ether oxygens (including phenoxy) is 1. The van der Waals surface area contributed by atoms with Crippen molar-refractivity contribution < 1.29 is 18.7 Å². The van der Waals surface area contributed by atoms with Crippen molar-refractivity contribution in [3.05, 3.63) is 48.3 Å². The number of likely N-dealkylation sites (tertiary alicyclic amines) is 1. The molecule has 1 aliphatic heterocycles. The van der Waals surface area contributed by atoms with Crippen LogP contribution in [0.25, 0.3) is 22.2 Å². The van der Waals surface area contributed by atoms with Crippen molar-refractivity contribution in [1.29, 1.82) is 0 Å². The van der Waals surface area contributed by atoms with Gasteiger partial charge in [-0.25, -0.2) is 0 Å². The average Bonchev–Trinajstić information content (AvgIpc) is 3.29. The number of amides is 2. The second-order valence-electron chi connectivity index (χ2n) is 9.29. The topological polar surface area (TPSA) is 102 Å². The Morgan fingerprint density at radius 2 is 1.91 bits per heavy atom. The number of hydrogen-bond donors (Lipinski definition) is 2. The molecule has 1 fully saturated rings. The molecular weight excluding hydrogens is 618 g/mol. The molecule has 1 aliphatic rings. The standard InChI is InChI=1S/C23H26FN5O3.Tl/c1-22(2,3)32-21(31)29-11-10-23(25,13-29)20(30)26-16-8-9-18-17(12-16)19(28-27-18)14-4-6-15(24)7-5-14;/h4-9,12H,10-11,13,25H2,1-3H3,(H2,26,27,28,30);/q;+1/p-1. The first kappa shape index (κ1) is 23.6. The summed E-state index contributed by atoms with van der Waals surface area (Å²) in [5, 5.41) is 8.38. The van der Waals surface area contributed by atoms with E-state index in [2.05, 4.69) is 10.4 Å². The third-order valence-electron chi connectivity index (χ3n) is 5.49. The van der Waals surface area contributed by atoms with E-state index in [0.717, 1.165) is 22.2 Å². The Morgan fingerprint density at radius 3 is 2.58 bits per heavy atom. The van der Waals surface area contributed by atoms with E-state index >= 15 is 0 Å². The Bertz CT molecular complexity index is 1220. The van der Waals surface area contributed by atoms with Gasteiger partial charge in [-0.05, 0) is 20.8 Å². The van der Waals surface area contributed by atoms with Crippen molar-refractivity contribution in [2.45, 2.75) is 38.3 Å².